The summed E-state index contributed by atoms with van der Waals surface area (Å²) in [5.41, 5.74) is 5.75. The summed E-state index contributed by atoms with van der Waals surface area (Å²) in [5, 5.41) is 0. The third kappa shape index (κ3) is 2.62. The molecule has 0 heterocycles. The lowest BCUT2D eigenvalue weighted by Crippen LogP contribution is -2.15. The molecule has 0 aliphatic heterocycles. The average molecular weight is 155 g/mol. The summed E-state index contributed by atoms with van der Waals surface area (Å²) >= 11 is 0. The van der Waals surface area contributed by atoms with Crippen molar-refractivity contribution in [1.82, 2.24) is 0 Å². The summed E-state index contributed by atoms with van der Waals surface area (Å²) in [7, 11) is 0. The molecule has 3 atom stereocenters. The van der Waals surface area contributed by atoms with Crippen LogP contribution in [0.4, 0.5) is 0 Å². The Morgan fingerprint density at radius 1 is 1.64 bits per heavy atom. The van der Waals surface area contributed by atoms with E-state index in [4.69, 9.17) is 5.73 Å². The number of carbonyl (C=O) groups excluding carboxylic acids is 1. The number of carbonyl (C=O) groups is 1. The Bertz CT molecular complexity index is 136. The number of hydrogen-bond acceptors (Lipinski definition) is 2. The van der Waals surface area contributed by atoms with Crippen LogP contribution < -0.4 is 5.73 Å². The number of hydrogen-bond donors (Lipinski definition) is 1. The first-order chi connectivity index (χ1) is 5.22. The summed E-state index contributed by atoms with van der Waals surface area (Å²) in [5.74, 6) is 0.940. The third-order valence-corrected chi connectivity index (χ3v) is 2.52. The van der Waals surface area contributed by atoms with E-state index in [-0.39, 0.29) is 5.92 Å². The molecular formula is C9H17NO. The predicted molar refractivity (Wildman–Crippen MR) is 45.2 cm³/mol. The summed E-state index contributed by atoms with van der Waals surface area (Å²) in [6.45, 7) is 1.98. The molecule has 0 spiro atoms. The smallest absolute Gasteiger partial charge is 0.122 e. The molecule has 1 rings (SSSR count). The van der Waals surface area contributed by atoms with Gasteiger partial charge in [-0.15, -0.1) is 0 Å². The minimum absolute atomic E-state index is 0.227. The van der Waals surface area contributed by atoms with Crippen LogP contribution >= 0.6 is 0 Å². The second-order valence-corrected chi connectivity index (χ2v) is 3.79. The van der Waals surface area contributed by atoms with Crippen molar-refractivity contribution >= 4 is 6.29 Å². The highest BCUT2D eigenvalue weighted by atomic mass is 16.1. The van der Waals surface area contributed by atoms with Gasteiger partial charge in [0.15, 0.2) is 0 Å². The predicted octanol–water partition coefficient (Wildman–Crippen LogP) is 1.34. The van der Waals surface area contributed by atoms with Gasteiger partial charge in [-0.2, -0.15) is 0 Å². The molecule has 0 bridgehead atoms. The highest BCUT2D eigenvalue weighted by Crippen LogP contribution is 2.28. The molecule has 1 saturated carbocycles. The lowest BCUT2D eigenvalue weighted by molar-refractivity contribution is -0.111. The zero-order chi connectivity index (χ0) is 8.27. The topological polar surface area (TPSA) is 43.1 Å². The Morgan fingerprint density at radius 2 is 2.36 bits per heavy atom. The number of nitrogens with two attached hydrogens (primary N) is 1. The Balaban J connectivity index is 2.22. The first-order valence-electron chi connectivity index (χ1n) is 4.43. The Morgan fingerprint density at radius 3 is 2.82 bits per heavy atom. The fourth-order valence-electron chi connectivity index (χ4n) is 1.91. The molecule has 2 nitrogen and oxygen atoms in total. The van der Waals surface area contributed by atoms with E-state index in [9.17, 15) is 4.79 Å². The molecule has 3 unspecified atom stereocenters. The number of aldehydes is 1. The average Bonchev–Trinajstić information content (AvgIpc) is 2.35. The molecule has 0 radical (unpaired) electrons. The van der Waals surface area contributed by atoms with E-state index >= 15 is 0 Å². The maximum atomic E-state index is 10.3. The fourth-order valence-corrected chi connectivity index (χ4v) is 1.91. The molecule has 0 aromatic heterocycles. The normalized spacial score (nSPS) is 33.6. The monoisotopic (exact) mass is 155 g/mol. The molecule has 0 saturated heterocycles. The lowest BCUT2D eigenvalue weighted by atomic mass is 9.95. The molecule has 0 amide bonds. The first kappa shape index (κ1) is 8.72. The molecule has 1 fully saturated rings. The van der Waals surface area contributed by atoms with Crippen molar-refractivity contribution in [3.63, 3.8) is 0 Å². The summed E-state index contributed by atoms with van der Waals surface area (Å²) < 4.78 is 0. The summed E-state index contributed by atoms with van der Waals surface area (Å²) in [6.07, 6.45) is 5.58. The van der Waals surface area contributed by atoms with Gasteiger partial charge in [-0.3, -0.25) is 0 Å². The van der Waals surface area contributed by atoms with Gasteiger partial charge in [-0.25, -0.2) is 0 Å². The summed E-state index contributed by atoms with van der Waals surface area (Å²) in [6, 6.07) is 0.402. The highest BCUT2D eigenvalue weighted by molar-refractivity contribution is 5.52. The van der Waals surface area contributed by atoms with Gasteiger partial charge in [-0.05, 0) is 31.6 Å². The maximum Gasteiger partial charge on any atom is 0.122 e. The van der Waals surface area contributed by atoms with E-state index < -0.39 is 0 Å². The van der Waals surface area contributed by atoms with Crippen LogP contribution in [0.3, 0.4) is 0 Å². The molecule has 11 heavy (non-hydrogen) atoms. The SMILES string of the molecule is CC(C=O)CC1CCC(N)C1. The second kappa shape index (κ2) is 3.86. The molecule has 2 heteroatoms. The Kier molecular flexibility index (Phi) is 3.06. The van der Waals surface area contributed by atoms with Crippen molar-refractivity contribution in [2.45, 2.75) is 38.6 Å². The molecule has 1 aliphatic rings. The summed E-state index contributed by atoms with van der Waals surface area (Å²) in [4.78, 5) is 10.3. The fraction of sp³-hybridized carbons (Fsp3) is 0.889. The largest absolute Gasteiger partial charge is 0.328 e. The van der Waals surface area contributed by atoms with Gasteiger partial charge < -0.3 is 10.5 Å². The van der Waals surface area contributed by atoms with Crippen LogP contribution in [0.1, 0.15) is 32.6 Å². The molecule has 2 N–H and O–H groups in total. The first-order valence-corrected chi connectivity index (χ1v) is 4.43. The van der Waals surface area contributed by atoms with Gasteiger partial charge in [0.25, 0.3) is 0 Å². The molecule has 64 valence electrons. The standard InChI is InChI=1S/C9H17NO/c1-7(6-11)4-8-2-3-9(10)5-8/h6-9H,2-5,10H2,1H3. The molecular weight excluding hydrogens is 138 g/mol. The maximum absolute atomic E-state index is 10.3. The minimum Gasteiger partial charge on any atom is -0.328 e. The van der Waals surface area contributed by atoms with Crippen LogP contribution in [-0.4, -0.2) is 12.3 Å². The van der Waals surface area contributed by atoms with Crippen molar-refractivity contribution in [2.75, 3.05) is 0 Å². The van der Waals surface area contributed by atoms with Crippen molar-refractivity contribution in [1.29, 1.82) is 0 Å². The van der Waals surface area contributed by atoms with Crippen molar-refractivity contribution in [3.8, 4) is 0 Å². The van der Waals surface area contributed by atoms with Crippen LogP contribution in [0.25, 0.3) is 0 Å². The van der Waals surface area contributed by atoms with Gasteiger partial charge in [0.1, 0.15) is 6.29 Å². The van der Waals surface area contributed by atoms with Gasteiger partial charge in [0, 0.05) is 12.0 Å². The van der Waals surface area contributed by atoms with Crippen LogP contribution in [0.5, 0.6) is 0 Å². The van der Waals surface area contributed by atoms with E-state index in [0.29, 0.717) is 12.0 Å². The van der Waals surface area contributed by atoms with Crippen molar-refractivity contribution in [2.24, 2.45) is 17.6 Å². The van der Waals surface area contributed by atoms with E-state index in [2.05, 4.69) is 0 Å². The lowest BCUT2D eigenvalue weighted by Gasteiger charge is -2.10. The highest BCUT2D eigenvalue weighted by Gasteiger charge is 2.22. The van der Waals surface area contributed by atoms with Crippen LogP contribution in [0.2, 0.25) is 0 Å². The van der Waals surface area contributed by atoms with Crippen LogP contribution in [-0.2, 0) is 4.79 Å². The van der Waals surface area contributed by atoms with Crippen LogP contribution in [0.15, 0.2) is 0 Å². The van der Waals surface area contributed by atoms with E-state index in [0.717, 1.165) is 25.5 Å². The van der Waals surface area contributed by atoms with Gasteiger partial charge in [0.2, 0.25) is 0 Å². The second-order valence-electron chi connectivity index (χ2n) is 3.79. The third-order valence-electron chi connectivity index (χ3n) is 2.52. The Labute approximate surface area is 68.2 Å². The zero-order valence-corrected chi connectivity index (χ0v) is 7.12. The van der Waals surface area contributed by atoms with E-state index in [1.807, 2.05) is 6.92 Å². The quantitative estimate of drug-likeness (QED) is 0.625. The van der Waals surface area contributed by atoms with Crippen molar-refractivity contribution in [3.05, 3.63) is 0 Å². The minimum atomic E-state index is 0.227. The van der Waals surface area contributed by atoms with Crippen molar-refractivity contribution < 1.29 is 4.79 Å². The van der Waals surface area contributed by atoms with Gasteiger partial charge >= 0.3 is 0 Å². The van der Waals surface area contributed by atoms with Gasteiger partial charge in [0.05, 0.1) is 0 Å². The molecule has 0 aromatic carbocycles. The Hall–Kier alpha value is -0.370. The van der Waals surface area contributed by atoms with Crippen LogP contribution in [0, 0.1) is 11.8 Å². The van der Waals surface area contributed by atoms with Gasteiger partial charge in [-0.1, -0.05) is 6.92 Å². The molecule has 1 aliphatic carbocycles. The zero-order valence-electron chi connectivity index (χ0n) is 7.12. The van der Waals surface area contributed by atoms with E-state index in [1.54, 1.807) is 0 Å². The number of rotatable bonds is 3. The van der Waals surface area contributed by atoms with E-state index in [1.165, 1.54) is 6.42 Å². The molecule has 0 aromatic rings.